The number of hydrogen-bond acceptors (Lipinski definition) is 5. The highest BCUT2D eigenvalue weighted by molar-refractivity contribution is 7.98. The van der Waals surface area contributed by atoms with E-state index < -0.39 is 0 Å². The predicted octanol–water partition coefficient (Wildman–Crippen LogP) is 3.03. The third-order valence-electron chi connectivity index (χ3n) is 3.77. The lowest BCUT2D eigenvalue weighted by Crippen LogP contribution is -2.33. The van der Waals surface area contributed by atoms with E-state index in [1.54, 1.807) is 0 Å². The number of nitrogens with zero attached hydrogens (tertiary/aromatic N) is 2. The molecule has 0 bridgehead atoms. The summed E-state index contributed by atoms with van der Waals surface area (Å²) in [5.41, 5.74) is 6.58. The van der Waals surface area contributed by atoms with Gasteiger partial charge in [0.15, 0.2) is 0 Å². The SMILES string of the molecule is CCC(CSC)N(C)c1ccc(N)c(OCC2CC2)n1. The quantitative estimate of drug-likeness (QED) is 0.799. The molecule has 1 aromatic rings. The molecule has 2 rings (SSSR count). The normalized spacial score (nSPS) is 15.9. The number of ether oxygens (including phenoxy) is 1. The molecule has 0 spiro atoms. The Balaban J connectivity index is 2.07. The van der Waals surface area contributed by atoms with Gasteiger partial charge in [-0.3, -0.25) is 0 Å². The van der Waals surface area contributed by atoms with Gasteiger partial charge in [0.2, 0.25) is 5.88 Å². The van der Waals surface area contributed by atoms with E-state index in [0.29, 0.717) is 23.5 Å². The Labute approximate surface area is 126 Å². The highest BCUT2D eigenvalue weighted by Gasteiger charge is 2.23. The first-order valence-corrected chi connectivity index (χ1v) is 8.66. The third kappa shape index (κ3) is 3.95. The number of anilines is 2. The Bertz CT molecular complexity index is 437. The fraction of sp³-hybridized carbons (Fsp3) is 0.667. The molecule has 1 atom stereocenters. The van der Waals surface area contributed by atoms with Crippen molar-refractivity contribution in [3.63, 3.8) is 0 Å². The van der Waals surface area contributed by atoms with Crippen molar-refractivity contribution in [3.8, 4) is 5.88 Å². The molecule has 0 aliphatic heterocycles. The molecule has 0 amide bonds. The van der Waals surface area contributed by atoms with E-state index in [0.717, 1.165) is 24.6 Å². The average Bonchev–Trinajstić information content (AvgIpc) is 3.27. The first kappa shape index (κ1) is 15.3. The van der Waals surface area contributed by atoms with Gasteiger partial charge in [0, 0.05) is 18.8 Å². The summed E-state index contributed by atoms with van der Waals surface area (Å²) < 4.78 is 5.76. The molecule has 1 fully saturated rings. The molecule has 4 nitrogen and oxygen atoms in total. The van der Waals surface area contributed by atoms with Crippen LogP contribution in [0.2, 0.25) is 0 Å². The Morgan fingerprint density at radius 2 is 2.25 bits per heavy atom. The molecule has 2 N–H and O–H groups in total. The molecular formula is C15H25N3OS. The number of nitrogens with two attached hydrogens (primary N) is 1. The predicted molar refractivity (Wildman–Crippen MR) is 87.7 cm³/mol. The minimum absolute atomic E-state index is 0.484. The van der Waals surface area contributed by atoms with Crippen LogP contribution in [0.4, 0.5) is 11.5 Å². The van der Waals surface area contributed by atoms with Crippen LogP contribution >= 0.6 is 11.8 Å². The van der Waals surface area contributed by atoms with Crippen molar-refractivity contribution < 1.29 is 4.74 Å². The van der Waals surface area contributed by atoms with E-state index in [2.05, 4.69) is 30.1 Å². The van der Waals surface area contributed by atoms with Crippen molar-refractivity contribution in [2.75, 3.05) is 36.3 Å². The second-order valence-electron chi connectivity index (χ2n) is 5.45. The lowest BCUT2D eigenvalue weighted by Gasteiger charge is -2.28. The van der Waals surface area contributed by atoms with Gasteiger partial charge in [-0.2, -0.15) is 16.7 Å². The Morgan fingerprint density at radius 1 is 1.50 bits per heavy atom. The standard InChI is InChI=1S/C15H25N3OS/c1-4-12(10-20-3)18(2)14-8-7-13(16)15(17-14)19-9-11-5-6-11/h7-8,11-12H,4-6,9-10,16H2,1-3H3. The summed E-state index contributed by atoms with van der Waals surface area (Å²) in [7, 11) is 2.09. The lowest BCUT2D eigenvalue weighted by atomic mass is 10.2. The molecule has 0 aromatic carbocycles. The van der Waals surface area contributed by atoms with Crippen LogP contribution in [0.15, 0.2) is 12.1 Å². The van der Waals surface area contributed by atoms with Crippen LogP contribution in [-0.2, 0) is 0 Å². The van der Waals surface area contributed by atoms with Crippen LogP contribution in [0, 0.1) is 5.92 Å². The monoisotopic (exact) mass is 295 g/mol. The summed E-state index contributed by atoms with van der Waals surface area (Å²) in [6.45, 7) is 2.95. The molecule has 20 heavy (non-hydrogen) atoms. The fourth-order valence-corrected chi connectivity index (χ4v) is 2.96. The van der Waals surface area contributed by atoms with Crippen LogP contribution < -0.4 is 15.4 Å². The molecule has 112 valence electrons. The average molecular weight is 295 g/mol. The summed E-state index contributed by atoms with van der Waals surface area (Å²) in [6, 6.07) is 4.35. The van der Waals surface area contributed by atoms with Crippen LogP contribution in [0.1, 0.15) is 26.2 Å². The van der Waals surface area contributed by atoms with Crippen LogP contribution in [0.25, 0.3) is 0 Å². The molecule has 1 unspecified atom stereocenters. The smallest absolute Gasteiger partial charge is 0.239 e. The largest absolute Gasteiger partial charge is 0.476 e. The van der Waals surface area contributed by atoms with Gasteiger partial charge in [0.25, 0.3) is 0 Å². The summed E-state index contributed by atoms with van der Waals surface area (Å²) in [5.74, 6) is 3.32. The van der Waals surface area contributed by atoms with Crippen LogP contribution in [0.3, 0.4) is 0 Å². The lowest BCUT2D eigenvalue weighted by molar-refractivity contribution is 0.290. The maximum Gasteiger partial charge on any atom is 0.239 e. The van der Waals surface area contributed by atoms with Crippen molar-refractivity contribution in [3.05, 3.63) is 12.1 Å². The number of pyridine rings is 1. The van der Waals surface area contributed by atoms with E-state index >= 15 is 0 Å². The number of thioether (sulfide) groups is 1. The van der Waals surface area contributed by atoms with Gasteiger partial charge >= 0.3 is 0 Å². The van der Waals surface area contributed by atoms with Gasteiger partial charge in [0.1, 0.15) is 5.82 Å². The van der Waals surface area contributed by atoms with Gasteiger partial charge in [0.05, 0.1) is 12.3 Å². The maximum atomic E-state index is 5.95. The molecule has 0 radical (unpaired) electrons. The fourth-order valence-electron chi connectivity index (χ4n) is 2.12. The summed E-state index contributed by atoms with van der Waals surface area (Å²) >= 11 is 1.86. The van der Waals surface area contributed by atoms with E-state index in [-0.39, 0.29) is 0 Å². The van der Waals surface area contributed by atoms with Gasteiger partial charge in [-0.1, -0.05) is 6.92 Å². The van der Waals surface area contributed by atoms with Crippen molar-refractivity contribution >= 4 is 23.3 Å². The molecule has 1 aliphatic rings. The Kier molecular flexibility index (Phi) is 5.40. The second kappa shape index (κ2) is 7.07. The van der Waals surface area contributed by atoms with Gasteiger partial charge < -0.3 is 15.4 Å². The second-order valence-corrected chi connectivity index (χ2v) is 6.36. The van der Waals surface area contributed by atoms with Gasteiger partial charge in [-0.15, -0.1) is 0 Å². The van der Waals surface area contributed by atoms with Crippen molar-refractivity contribution in [1.29, 1.82) is 0 Å². The van der Waals surface area contributed by atoms with E-state index in [1.165, 1.54) is 12.8 Å². The zero-order valence-electron chi connectivity index (χ0n) is 12.6. The first-order chi connectivity index (χ1) is 9.65. The minimum Gasteiger partial charge on any atom is -0.476 e. The molecule has 5 heteroatoms. The molecule has 1 saturated carbocycles. The van der Waals surface area contributed by atoms with E-state index in [9.17, 15) is 0 Å². The number of aromatic nitrogens is 1. The third-order valence-corrected chi connectivity index (χ3v) is 4.49. The molecule has 1 aliphatic carbocycles. The Morgan fingerprint density at radius 3 is 2.85 bits per heavy atom. The molecule has 1 heterocycles. The number of hydrogen-bond donors (Lipinski definition) is 1. The van der Waals surface area contributed by atoms with E-state index in [1.807, 2.05) is 23.9 Å². The van der Waals surface area contributed by atoms with Crippen LogP contribution in [0.5, 0.6) is 5.88 Å². The summed E-state index contributed by atoms with van der Waals surface area (Å²) in [4.78, 5) is 6.81. The number of nitrogen functional groups attached to an aromatic ring is 1. The molecular weight excluding hydrogens is 270 g/mol. The topological polar surface area (TPSA) is 51.4 Å². The molecule has 0 saturated heterocycles. The zero-order chi connectivity index (χ0) is 14.5. The van der Waals surface area contributed by atoms with Crippen molar-refractivity contribution in [1.82, 2.24) is 4.98 Å². The maximum absolute atomic E-state index is 5.95. The highest BCUT2D eigenvalue weighted by atomic mass is 32.2. The minimum atomic E-state index is 0.484. The van der Waals surface area contributed by atoms with Crippen molar-refractivity contribution in [2.24, 2.45) is 5.92 Å². The first-order valence-electron chi connectivity index (χ1n) is 7.26. The highest BCUT2D eigenvalue weighted by Crippen LogP contribution is 2.31. The van der Waals surface area contributed by atoms with E-state index in [4.69, 9.17) is 10.5 Å². The van der Waals surface area contributed by atoms with Gasteiger partial charge in [-0.05, 0) is 43.6 Å². The summed E-state index contributed by atoms with van der Waals surface area (Å²) in [6.07, 6.45) is 5.77. The number of rotatable bonds is 8. The van der Waals surface area contributed by atoms with Gasteiger partial charge in [-0.25, -0.2) is 0 Å². The molecule has 1 aromatic heterocycles. The Hall–Kier alpha value is -1.10. The summed E-state index contributed by atoms with van der Waals surface area (Å²) in [5, 5.41) is 0. The van der Waals surface area contributed by atoms with Crippen LogP contribution in [-0.4, -0.2) is 36.7 Å². The zero-order valence-corrected chi connectivity index (χ0v) is 13.4. The van der Waals surface area contributed by atoms with Crippen molar-refractivity contribution in [2.45, 2.75) is 32.2 Å².